The van der Waals surface area contributed by atoms with Gasteiger partial charge in [0.2, 0.25) is 0 Å². The van der Waals surface area contributed by atoms with Crippen molar-refractivity contribution in [3.63, 3.8) is 0 Å². The summed E-state index contributed by atoms with van der Waals surface area (Å²) in [6.07, 6.45) is 4.57. The molecule has 0 unspecified atom stereocenters. The van der Waals surface area contributed by atoms with E-state index in [9.17, 15) is 4.79 Å². The van der Waals surface area contributed by atoms with Gasteiger partial charge in [-0.3, -0.25) is 9.78 Å². The molecule has 1 amide bonds. The van der Waals surface area contributed by atoms with Crippen LogP contribution in [-0.4, -0.2) is 15.8 Å². The van der Waals surface area contributed by atoms with Crippen LogP contribution < -0.4 is 0 Å². The van der Waals surface area contributed by atoms with E-state index in [4.69, 9.17) is 0 Å². The number of thiophene rings is 1. The van der Waals surface area contributed by atoms with Crippen LogP contribution in [0, 0.1) is 0 Å². The SMILES string of the molecule is CCc1ccc(CN(Cc2cccnc2)C(=O)c2sccc2Br)cc1. The molecule has 25 heavy (non-hydrogen) atoms. The average molecular weight is 415 g/mol. The zero-order chi connectivity index (χ0) is 17.6. The van der Waals surface area contributed by atoms with Crippen LogP contribution in [-0.2, 0) is 19.5 Å². The minimum atomic E-state index is 0.0327. The Kier molecular flexibility index (Phi) is 6.00. The van der Waals surface area contributed by atoms with Crippen LogP contribution in [0.3, 0.4) is 0 Å². The molecule has 0 aliphatic carbocycles. The Balaban J connectivity index is 1.85. The lowest BCUT2D eigenvalue weighted by molar-refractivity contribution is 0.0734. The van der Waals surface area contributed by atoms with Crippen LogP contribution >= 0.6 is 27.3 Å². The highest BCUT2D eigenvalue weighted by Crippen LogP contribution is 2.25. The minimum absolute atomic E-state index is 0.0327. The van der Waals surface area contributed by atoms with Crippen molar-refractivity contribution in [3.8, 4) is 0 Å². The van der Waals surface area contributed by atoms with Crippen LogP contribution in [0.5, 0.6) is 0 Å². The summed E-state index contributed by atoms with van der Waals surface area (Å²) in [6.45, 7) is 3.25. The summed E-state index contributed by atoms with van der Waals surface area (Å²) in [5.41, 5.74) is 3.45. The molecule has 3 nitrogen and oxygen atoms in total. The number of hydrogen-bond donors (Lipinski definition) is 0. The molecule has 1 aromatic carbocycles. The summed E-state index contributed by atoms with van der Waals surface area (Å²) in [6, 6.07) is 14.3. The molecule has 0 spiro atoms. The first-order valence-corrected chi connectivity index (χ1v) is 9.83. The van der Waals surface area contributed by atoms with E-state index in [1.54, 1.807) is 6.20 Å². The summed E-state index contributed by atoms with van der Waals surface area (Å²) >= 11 is 4.93. The Morgan fingerprint density at radius 2 is 1.80 bits per heavy atom. The third kappa shape index (κ3) is 4.55. The molecule has 0 saturated carbocycles. The molecule has 0 radical (unpaired) electrons. The highest BCUT2D eigenvalue weighted by molar-refractivity contribution is 9.10. The van der Waals surface area contributed by atoms with Gasteiger partial charge in [-0.25, -0.2) is 0 Å². The number of hydrogen-bond acceptors (Lipinski definition) is 3. The summed E-state index contributed by atoms with van der Waals surface area (Å²) < 4.78 is 0.847. The fourth-order valence-corrected chi connectivity index (χ4v) is 4.11. The third-order valence-corrected chi connectivity index (χ3v) is 5.83. The van der Waals surface area contributed by atoms with Crippen molar-refractivity contribution in [3.05, 3.63) is 86.3 Å². The highest BCUT2D eigenvalue weighted by Gasteiger charge is 2.20. The number of carbonyl (C=O) groups excluding carboxylic acids is 1. The molecule has 2 heterocycles. The van der Waals surface area contributed by atoms with E-state index < -0.39 is 0 Å². The number of amides is 1. The predicted molar refractivity (Wildman–Crippen MR) is 106 cm³/mol. The van der Waals surface area contributed by atoms with Crippen molar-refractivity contribution >= 4 is 33.2 Å². The van der Waals surface area contributed by atoms with Crippen LogP contribution in [0.25, 0.3) is 0 Å². The van der Waals surface area contributed by atoms with E-state index in [2.05, 4.69) is 52.1 Å². The zero-order valence-corrected chi connectivity index (χ0v) is 16.4. The third-order valence-electron chi connectivity index (χ3n) is 4.00. The molecule has 0 aliphatic rings. The number of benzene rings is 1. The van der Waals surface area contributed by atoms with Gasteiger partial charge in [0, 0.05) is 30.0 Å². The van der Waals surface area contributed by atoms with Gasteiger partial charge in [0.05, 0.1) is 0 Å². The second-order valence-corrected chi connectivity index (χ2v) is 7.56. The summed E-state index contributed by atoms with van der Waals surface area (Å²) in [4.78, 5) is 19.8. The summed E-state index contributed by atoms with van der Waals surface area (Å²) in [5.74, 6) is 0.0327. The highest BCUT2D eigenvalue weighted by atomic mass is 79.9. The fourth-order valence-electron chi connectivity index (χ4n) is 2.60. The van der Waals surface area contributed by atoms with Crippen molar-refractivity contribution in [1.82, 2.24) is 9.88 Å². The van der Waals surface area contributed by atoms with Crippen LogP contribution in [0.4, 0.5) is 0 Å². The summed E-state index contributed by atoms with van der Waals surface area (Å²) in [7, 11) is 0. The van der Waals surface area contributed by atoms with E-state index in [0.29, 0.717) is 13.1 Å². The van der Waals surface area contributed by atoms with E-state index in [0.717, 1.165) is 26.9 Å². The van der Waals surface area contributed by atoms with Crippen LogP contribution in [0.1, 0.15) is 33.3 Å². The smallest absolute Gasteiger partial charge is 0.265 e. The number of aryl methyl sites for hydroxylation is 1. The van der Waals surface area contributed by atoms with Crippen LogP contribution in [0.2, 0.25) is 0 Å². The Hall–Kier alpha value is -1.98. The maximum atomic E-state index is 13.0. The first-order chi connectivity index (χ1) is 12.2. The number of aromatic nitrogens is 1. The largest absolute Gasteiger partial charge is 0.329 e. The summed E-state index contributed by atoms with van der Waals surface area (Å²) in [5, 5.41) is 1.93. The maximum absolute atomic E-state index is 13.0. The number of carbonyl (C=O) groups is 1. The van der Waals surface area contributed by atoms with Gasteiger partial charge in [-0.1, -0.05) is 37.3 Å². The van der Waals surface area contributed by atoms with Crippen molar-refractivity contribution in [1.29, 1.82) is 0 Å². The predicted octanol–water partition coefficient (Wildman–Crippen LogP) is 5.31. The normalized spacial score (nSPS) is 10.6. The fraction of sp³-hybridized carbons (Fsp3) is 0.200. The van der Waals surface area contributed by atoms with Gasteiger partial charge in [0.25, 0.3) is 5.91 Å². The van der Waals surface area contributed by atoms with Gasteiger partial charge >= 0.3 is 0 Å². The maximum Gasteiger partial charge on any atom is 0.265 e. The van der Waals surface area contributed by atoms with Crippen LogP contribution in [0.15, 0.2) is 64.7 Å². The molecular weight excluding hydrogens is 396 g/mol. The Morgan fingerprint density at radius 3 is 2.40 bits per heavy atom. The van der Waals surface area contributed by atoms with Gasteiger partial charge in [-0.05, 0) is 56.6 Å². The average Bonchev–Trinajstić information content (AvgIpc) is 3.08. The van der Waals surface area contributed by atoms with E-state index in [1.165, 1.54) is 16.9 Å². The second kappa shape index (κ2) is 8.41. The quantitative estimate of drug-likeness (QED) is 0.547. The Labute approximate surface area is 160 Å². The Morgan fingerprint density at radius 1 is 1.08 bits per heavy atom. The van der Waals surface area contributed by atoms with Gasteiger partial charge in [-0.2, -0.15) is 0 Å². The molecule has 0 aliphatic heterocycles. The van der Waals surface area contributed by atoms with E-state index in [1.807, 2.05) is 34.7 Å². The van der Waals surface area contributed by atoms with Gasteiger partial charge < -0.3 is 4.90 Å². The monoisotopic (exact) mass is 414 g/mol. The lowest BCUT2D eigenvalue weighted by atomic mass is 10.1. The second-order valence-electron chi connectivity index (χ2n) is 5.79. The standard InChI is InChI=1S/C20H19BrN2OS/c1-2-15-5-7-16(8-6-15)13-23(14-17-4-3-10-22-12-17)20(24)19-18(21)9-11-25-19/h3-12H,2,13-14H2,1H3. The lowest BCUT2D eigenvalue weighted by Crippen LogP contribution is -2.29. The topological polar surface area (TPSA) is 33.2 Å². The molecule has 0 atom stereocenters. The molecule has 3 rings (SSSR count). The molecular formula is C20H19BrN2OS. The molecule has 0 saturated heterocycles. The minimum Gasteiger partial charge on any atom is -0.329 e. The number of nitrogens with zero attached hydrogens (tertiary/aromatic N) is 2. The molecule has 5 heteroatoms. The van der Waals surface area contributed by atoms with Gasteiger partial charge in [0.15, 0.2) is 0 Å². The van der Waals surface area contributed by atoms with E-state index >= 15 is 0 Å². The van der Waals surface area contributed by atoms with Crippen molar-refractivity contribution in [2.75, 3.05) is 0 Å². The van der Waals surface area contributed by atoms with Crippen molar-refractivity contribution in [2.24, 2.45) is 0 Å². The van der Waals surface area contributed by atoms with Gasteiger partial charge in [0.1, 0.15) is 4.88 Å². The zero-order valence-electron chi connectivity index (χ0n) is 14.0. The van der Waals surface area contributed by atoms with Gasteiger partial charge in [-0.15, -0.1) is 11.3 Å². The van der Waals surface area contributed by atoms with Crippen molar-refractivity contribution in [2.45, 2.75) is 26.4 Å². The number of halogens is 1. The molecule has 0 bridgehead atoms. The molecule has 2 aromatic heterocycles. The number of rotatable bonds is 6. The lowest BCUT2D eigenvalue weighted by Gasteiger charge is -2.23. The van der Waals surface area contributed by atoms with E-state index in [-0.39, 0.29) is 5.91 Å². The molecule has 128 valence electrons. The molecule has 3 aromatic rings. The Bertz CT molecular complexity index is 830. The molecule has 0 N–H and O–H groups in total. The molecule has 0 fully saturated rings. The van der Waals surface area contributed by atoms with Crippen molar-refractivity contribution < 1.29 is 4.79 Å². The number of pyridine rings is 1. The first kappa shape index (κ1) is 17.8. The first-order valence-electron chi connectivity index (χ1n) is 8.16.